The zero-order valence-electron chi connectivity index (χ0n) is 9.38. The topological polar surface area (TPSA) is 116 Å². The van der Waals surface area contributed by atoms with Crippen molar-refractivity contribution >= 4 is 40.9 Å². The molecular weight excluding hydrogens is 274 g/mol. The minimum absolute atomic E-state index is 0.295. The van der Waals surface area contributed by atoms with Gasteiger partial charge in [-0.15, -0.1) is 0 Å². The summed E-state index contributed by atoms with van der Waals surface area (Å²) in [6.07, 6.45) is 1.50. The summed E-state index contributed by atoms with van der Waals surface area (Å²) in [5, 5.41) is 4.14. The Morgan fingerprint density at radius 2 is 1.89 bits per heavy atom. The summed E-state index contributed by atoms with van der Waals surface area (Å²) >= 11 is 7.16. The van der Waals surface area contributed by atoms with E-state index in [0.29, 0.717) is 32.8 Å². The largest absolute Gasteiger partial charge is 0.383 e. The zero-order valence-corrected chi connectivity index (χ0v) is 11.0. The molecule has 0 saturated carbocycles. The molecule has 0 aliphatic heterocycles. The molecule has 0 saturated heterocycles. The highest BCUT2D eigenvalue weighted by molar-refractivity contribution is 7.99. The number of hydrogen-bond donors (Lipinski definition) is 3. The first-order valence-corrected chi connectivity index (χ1v) is 6.06. The number of halogens is 1. The number of nitrogens with zero attached hydrogens (tertiary/aromatic N) is 4. The first-order valence-electron chi connectivity index (χ1n) is 4.86. The van der Waals surface area contributed by atoms with Gasteiger partial charge in [0, 0.05) is 13.1 Å². The highest BCUT2D eigenvalue weighted by atomic mass is 35.5. The van der Waals surface area contributed by atoms with E-state index in [1.54, 1.807) is 7.05 Å². The third-order valence-corrected chi connectivity index (χ3v) is 3.13. The van der Waals surface area contributed by atoms with Crippen LogP contribution in [-0.2, 0) is 0 Å². The van der Waals surface area contributed by atoms with Crippen molar-refractivity contribution in [3.8, 4) is 0 Å². The molecule has 2 heterocycles. The number of hydrogen-bond acceptors (Lipinski definition) is 8. The van der Waals surface area contributed by atoms with E-state index in [9.17, 15) is 0 Å². The smallest absolute Gasteiger partial charge is 0.223 e. The van der Waals surface area contributed by atoms with Crippen molar-refractivity contribution in [2.75, 3.05) is 23.8 Å². The summed E-state index contributed by atoms with van der Waals surface area (Å²) in [4.78, 5) is 16.2. The lowest BCUT2D eigenvalue weighted by atomic mass is 10.5. The average molecular weight is 284 g/mol. The predicted octanol–water partition coefficient (Wildman–Crippen LogP) is 1.28. The second-order valence-corrected chi connectivity index (χ2v) is 4.56. The Morgan fingerprint density at radius 1 is 1.22 bits per heavy atom. The van der Waals surface area contributed by atoms with Crippen molar-refractivity contribution in [2.24, 2.45) is 0 Å². The Morgan fingerprint density at radius 3 is 2.50 bits per heavy atom. The molecule has 94 valence electrons. The van der Waals surface area contributed by atoms with Crippen molar-refractivity contribution in [3.05, 3.63) is 17.3 Å². The van der Waals surface area contributed by atoms with E-state index >= 15 is 0 Å². The highest BCUT2D eigenvalue weighted by Crippen LogP contribution is 2.30. The predicted molar refractivity (Wildman–Crippen MR) is 71.6 cm³/mol. The van der Waals surface area contributed by atoms with Crippen LogP contribution in [0, 0.1) is 0 Å². The highest BCUT2D eigenvalue weighted by Gasteiger charge is 2.10. The number of nitrogens with one attached hydrogen (secondary N) is 1. The standard InChI is InChI=1S/C9H10ClN7S/c1-13-8-14-3-4(10)7(17-8)18-9-15-5(11)2-6(12)16-9/h2-3H,1H3,(H,13,14,17)(H4,11,12,15,16). The van der Waals surface area contributed by atoms with Gasteiger partial charge in [0.2, 0.25) is 5.95 Å². The van der Waals surface area contributed by atoms with Gasteiger partial charge in [-0.25, -0.2) is 19.9 Å². The average Bonchev–Trinajstić information content (AvgIpc) is 2.30. The molecule has 0 aliphatic carbocycles. The number of aromatic nitrogens is 4. The lowest BCUT2D eigenvalue weighted by Crippen LogP contribution is -2.00. The number of nitrogen functional groups attached to an aromatic ring is 2. The van der Waals surface area contributed by atoms with Gasteiger partial charge in [0.05, 0.1) is 11.2 Å². The molecule has 0 atom stereocenters. The van der Waals surface area contributed by atoms with Gasteiger partial charge in [0.1, 0.15) is 16.7 Å². The molecule has 7 nitrogen and oxygen atoms in total. The Labute approximate surface area is 112 Å². The van der Waals surface area contributed by atoms with Crippen LogP contribution in [0.5, 0.6) is 0 Å². The molecule has 5 N–H and O–H groups in total. The third-order valence-electron chi connectivity index (χ3n) is 1.87. The van der Waals surface area contributed by atoms with Crippen LogP contribution >= 0.6 is 23.4 Å². The number of anilines is 3. The second-order valence-electron chi connectivity index (χ2n) is 3.20. The molecule has 18 heavy (non-hydrogen) atoms. The Balaban J connectivity index is 2.33. The van der Waals surface area contributed by atoms with Crippen molar-refractivity contribution in [3.63, 3.8) is 0 Å². The van der Waals surface area contributed by atoms with Crippen LogP contribution in [0.15, 0.2) is 22.4 Å². The van der Waals surface area contributed by atoms with Gasteiger partial charge >= 0.3 is 0 Å². The van der Waals surface area contributed by atoms with Crippen LogP contribution in [0.2, 0.25) is 5.02 Å². The van der Waals surface area contributed by atoms with E-state index in [1.807, 2.05) is 0 Å². The fraction of sp³-hybridized carbons (Fsp3) is 0.111. The van der Waals surface area contributed by atoms with E-state index in [1.165, 1.54) is 24.0 Å². The third kappa shape index (κ3) is 2.90. The molecule has 0 amide bonds. The first kappa shape index (κ1) is 12.7. The van der Waals surface area contributed by atoms with E-state index in [2.05, 4.69) is 25.3 Å². The Bertz CT molecular complexity index is 557. The van der Waals surface area contributed by atoms with E-state index in [-0.39, 0.29) is 0 Å². The van der Waals surface area contributed by atoms with Crippen LogP contribution < -0.4 is 16.8 Å². The molecule has 0 aromatic carbocycles. The molecule has 2 rings (SSSR count). The minimum atomic E-state index is 0.295. The number of rotatable bonds is 3. The molecule has 0 radical (unpaired) electrons. The van der Waals surface area contributed by atoms with Gasteiger partial charge in [-0.1, -0.05) is 11.6 Å². The molecule has 0 fully saturated rings. The molecule has 9 heteroatoms. The van der Waals surface area contributed by atoms with Gasteiger partial charge in [-0.3, -0.25) is 0 Å². The maximum absolute atomic E-state index is 5.99. The lowest BCUT2D eigenvalue weighted by molar-refractivity contribution is 0.971. The molecule has 0 aliphatic rings. The van der Waals surface area contributed by atoms with Crippen LogP contribution in [0.4, 0.5) is 17.6 Å². The number of nitrogens with two attached hydrogens (primary N) is 2. The SMILES string of the molecule is CNc1ncc(Cl)c(Sc2nc(N)cc(N)n2)n1. The van der Waals surface area contributed by atoms with Crippen LogP contribution in [-0.4, -0.2) is 27.0 Å². The summed E-state index contributed by atoms with van der Waals surface area (Å²) in [6.45, 7) is 0. The van der Waals surface area contributed by atoms with Gasteiger partial charge in [-0.05, 0) is 11.8 Å². The summed E-state index contributed by atoms with van der Waals surface area (Å²) < 4.78 is 0. The normalized spacial score (nSPS) is 10.3. The Kier molecular flexibility index (Phi) is 3.68. The van der Waals surface area contributed by atoms with E-state index in [4.69, 9.17) is 23.1 Å². The van der Waals surface area contributed by atoms with Crippen molar-refractivity contribution in [2.45, 2.75) is 10.2 Å². The van der Waals surface area contributed by atoms with Crippen LogP contribution in [0.1, 0.15) is 0 Å². The molecule has 0 bridgehead atoms. The maximum Gasteiger partial charge on any atom is 0.223 e. The maximum atomic E-state index is 5.99. The summed E-state index contributed by atoms with van der Waals surface area (Å²) in [7, 11) is 1.71. The zero-order chi connectivity index (χ0) is 13.1. The molecular formula is C9H10ClN7S. The van der Waals surface area contributed by atoms with Crippen molar-refractivity contribution in [1.82, 2.24) is 19.9 Å². The van der Waals surface area contributed by atoms with Crippen LogP contribution in [0.3, 0.4) is 0 Å². The lowest BCUT2D eigenvalue weighted by Gasteiger charge is -2.05. The Hall–Kier alpha value is -1.80. The minimum Gasteiger partial charge on any atom is -0.383 e. The first-order chi connectivity index (χ1) is 8.58. The van der Waals surface area contributed by atoms with Gasteiger partial charge in [0.25, 0.3) is 0 Å². The second kappa shape index (κ2) is 5.23. The van der Waals surface area contributed by atoms with Crippen molar-refractivity contribution < 1.29 is 0 Å². The fourth-order valence-corrected chi connectivity index (χ4v) is 2.10. The monoisotopic (exact) mass is 283 g/mol. The molecule has 2 aromatic heterocycles. The van der Waals surface area contributed by atoms with Gasteiger partial charge < -0.3 is 16.8 Å². The molecule has 0 unspecified atom stereocenters. The summed E-state index contributed by atoms with van der Waals surface area (Å²) in [5.41, 5.74) is 11.2. The van der Waals surface area contributed by atoms with Gasteiger partial charge in [-0.2, -0.15) is 0 Å². The van der Waals surface area contributed by atoms with Crippen LogP contribution in [0.25, 0.3) is 0 Å². The van der Waals surface area contributed by atoms with Crippen molar-refractivity contribution in [1.29, 1.82) is 0 Å². The quantitative estimate of drug-likeness (QED) is 0.570. The van der Waals surface area contributed by atoms with E-state index in [0.717, 1.165) is 0 Å². The summed E-state index contributed by atoms with van der Waals surface area (Å²) in [6, 6.07) is 1.48. The molecule has 0 spiro atoms. The van der Waals surface area contributed by atoms with E-state index < -0.39 is 0 Å². The molecule has 2 aromatic rings. The fourth-order valence-electron chi connectivity index (χ4n) is 1.14. The van der Waals surface area contributed by atoms with Gasteiger partial charge in [0.15, 0.2) is 5.16 Å². The summed E-state index contributed by atoms with van der Waals surface area (Å²) in [5.74, 6) is 1.05.